The van der Waals surface area contributed by atoms with Crippen molar-refractivity contribution in [3.63, 3.8) is 0 Å². The van der Waals surface area contributed by atoms with Gasteiger partial charge >= 0.3 is 0 Å². The summed E-state index contributed by atoms with van der Waals surface area (Å²) in [6.07, 6.45) is 1.03. The number of hydrogen-bond acceptors (Lipinski definition) is 4. The standard InChI is InChI=1S/C9H10N2O2.C2H6/c1-5(12)7-2-6-4-11-13-9(6)3-8(7)10;1-2/h2-5,12H,10H2,1H3;1-2H3. The lowest BCUT2D eigenvalue weighted by Crippen LogP contribution is -1.97. The van der Waals surface area contributed by atoms with Gasteiger partial charge in [0.1, 0.15) is 0 Å². The van der Waals surface area contributed by atoms with Crippen molar-refractivity contribution in [2.75, 3.05) is 5.73 Å². The van der Waals surface area contributed by atoms with Crippen molar-refractivity contribution in [1.29, 1.82) is 0 Å². The summed E-state index contributed by atoms with van der Waals surface area (Å²) < 4.78 is 4.92. The van der Waals surface area contributed by atoms with Gasteiger partial charge in [-0.15, -0.1) is 0 Å². The van der Waals surface area contributed by atoms with Crippen LogP contribution in [0, 0.1) is 0 Å². The van der Waals surface area contributed by atoms with Gasteiger partial charge in [-0.2, -0.15) is 0 Å². The number of rotatable bonds is 1. The number of nitrogens with two attached hydrogens (primary N) is 1. The van der Waals surface area contributed by atoms with Crippen LogP contribution < -0.4 is 5.73 Å². The van der Waals surface area contributed by atoms with E-state index >= 15 is 0 Å². The maximum absolute atomic E-state index is 9.37. The lowest BCUT2D eigenvalue weighted by Gasteiger charge is -2.07. The molecule has 0 aliphatic heterocycles. The number of anilines is 1. The van der Waals surface area contributed by atoms with Crippen LogP contribution in [0.2, 0.25) is 0 Å². The first-order chi connectivity index (χ1) is 7.18. The monoisotopic (exact) mass is 208 g/mol. The third-order valence-corrected chi connectivity index (χ3v) is 2.01. The largest absolute Gasteiger partial charge is 0.398 e. The molecule has 0 saturated heterocycles. The van der Waals surface area contributed by atoms with Crippen LogP contribution in [-0.2, 0) is 0 Å². The van der Waals surface area contributed by atoms with E-state index in [0.29, 0.717) is 16.8 Å². The quantitative estimate of drug-likeness (QED) is 0.706. The number of hydrogen-bond donors (Lipinski definition) is 2. The molecule has 0 aliphatic rings. The smallest absolute Gasteiger partial charge is 0.168 e. The molecule has 1 aromatic heterocycles. The van der Waals surface area contributed by atoms with Crippen LogP contribution in [0.3, 0.4) is 0 Å². The van der Waals surface area contributed by atoms with Crippen molar-refractivity contribution in [2.24, 2.45) is 0 Å². The highest BCUT2D eigenvalue weighted by molar-refractivity contribution is 5.81. The Labute approximate surface area is 88.7 Å². The molecule has 1 atom stereocenters. The Kier molecular flexibility index (Phi) is 3.68. The molecule has 0 fully saturated rings. The van der Waals surface area contributed by atoms with Gasteiger partial charge in [-0.3, -0.25) is 0 Å². The number of aliphatic hydroxyl groups excluding tert-OH is 1. The van der Waals surface area contributed by atoms with Crippen LogP contribution in [0.1, 0.15) is 32.4 Å². The first-order valence-corrected chi connectivity index (χ1v) is 5.00. The van der Waals surface area contributed by atoms with Crippen LogP contribution in [0.25, 0.3) is 11.0 Å². The summed E-state index contributed by atoms with van der Waals surface area (Å²) in [5.41, 5.74) is 7.57. The molecule has 0 bridgehead atoms. The van der Waals surface area contributed by atoms with E-state index in [0.717, 1.165) is 5.39 Å². The molecule has 1 aromatic carbocycles. The summed E-state index contributed by atoms with van der Waals surface area (Å²) in [4.78, 5) is 0. The molecule has 1 heterocycles. The molecular formula is C11H16N2O2. The molecule has 4 nitrogen and oxygen atoms in total. The summed E-state index contributed by atoms with van der Waals surface area (Å²) in [6, 6.07) is 3.45. The molecule has 2 aromatic rings. The van der Waals surface area contributed by atoms with Crippen LogP contribution in [0.5, 0.6) is 0 Å². The van der Waals surface area contributed by atoms with Crippen LogP contribution in [0.15, 0.2) is 22.9 Å². The molecule has 0 amide bonds. The highest BCUT2D eigenvalue weighted by Gasteiger charge is 2.08. The van der Waals surface area contributed by atoms with Crippen LogP contribution in [0.4, 0.5) is 5.69 Å². The summed E-state index contributed by atoms with van der Waals surface area (Å²) >= 11 is 0. The average Bonchev–Trinajstić information content (AvgIpc) is 2.66. The van der Waals surface area contributed by atoms with Gasteiger partial charge in [0.25, 0.3) is 0 Å². The fourth-order valence-electron chi connectivity index (χ4n) is 1.31. The summed E-state index contributed by atoms with van der Waals surface area (Å²) in [5, 5.41) is 13.9. The molecule has 4 heteroatoms. The molecule has 82 valence electrons. The Hall–Kier alpha value is -1.55. The maximum Gasteiger partial charge on any atom is 0.168 e. The van der Waals surface area contributed by atoms with E-state index in [1.807, 2.05) is 13.8 Å². The van der Waals surface area contributed by atoms with Gasteiger partial charge in [0, 0.05) is 22.7 Å². The number of nitrogens with zero attached hydrogens (tertiary/aromatic N) is 1. The Morgan fingerprint density at radius 1 is 1.40 bits per heavy atom. The van der Waals surface area contributed by atoms with Gasteiger partial charge in [0.15, 0.2) is 5.58 Å². The van der Waals surface area contributed by atoms with Crippen LogP contribution in [-0.4, -0.2) is 10.3 Å². The molecule has 2 rings (SSSR count). The third kappa shape index (κ3) is 2.27. The second-order valence-corrected chi connectivity index (χ2v) is 3.02. The van der Waals surface area contributed by atoms with Crippen molar-refractivity contribution in [1.82, 2.24) is 5.16 Å². The molecular weight excluding hydrogens is 192 g/mol. The topological polar surface area (TPSA) is 72.3 Å². The Morgan fingerprint density at radius 3 is 2.67 bits per heavy atom. The predicted molar refractivity (Wildman–Crippen MR) is 60.4 cm³/mol. The molecule has 0 spiro atoms. The number of benzene rings is 1. The van der Waals surface area contributed by atoms with E-state index in [1.165, 1.54) is 0 Å². The number of aliphatic hydroxyl groups is 1. The second kappa shape index (κ2) is 4.79. The third-order valence-electron chi connectivity index (χ3n) is 2.01. The van der Waals surface area contributed by atoms with E-state index in [9.17, 15) is 5.11 Å². The van der Waals surface area contributed by atoms with E-state index in [2.05, 4.69) is 5.16 Å². The van der Waals surface area contributed by atoms with E-state index in [4.69, 9.17) is 10.3 Å². The molecule has 1 unspecified atom stereocenters. The van der Waals surface area contributed by atoms with Gasteiger partial charge in [-0.05, 0) is 13.0 Å². The van der Waals surface area contributed by atoms with Crippen molar-refractivity contribution in [2.45, 2.75) is 26.9 Å². The summed E-state index contributed by atoms with van der Waals surface area (Å²) in [7, 11) is 0. The normalized spacial score (nSPS) is 12.0. The fourth-order valence-corrected chi connectivity index (χ4v) is 1.31. The Bertz CT molecular complexity index is 435. The predicted octanol–water partition coefficient (Wildman–Crippen LogP) is 2.49. The van der Waals surface area contributed by atoms with Gasteiger partial charge in [-0.25, -0.2) is 0 Å². The molecule has 0 radical (unpaired) electrons. The fraction of sp³-hybridized carbons (Fsp3) is 0.364. The second-order valence-electron chi connectivity index (χ2n) is 3.02. The lowest BCUT2D eigenvalue weighted by molar-refractivity contribution is 0.200. The number of aromatic nitrogens is 1. The van der Waals surface area contributed by atoms with Crippen molar-refractivity contribution < 1.29 is 9.63 Å². The van der Waals surface area contributed by atoms with E-state index in [1.54, 1.807) is 25.3 Å². The first kappa shape index (κ1) is 11.5. The summed E-state index contributed by atoms with van der Waals surface area (Å²) in [5.74, 6) is 0. The van der Waals surface area contributed by atoms with E-state index < -0.39 is 6.10 Å². The van der Waals surface area contributed by atoms with Gasteiger partial charge < -0.3 is 15.4 Å². The Morgan fingerprint density at radius 2 is 2.07 bits per heavy atom. The Balaban J connectivity index is 0.000000531. The number of nitrogen functional groups attached to an aromatic ring is 1. The highest BCUT2D eigenvalue weighted by Crippen LogP contribution is 2.26. The molecule has 0 aliphatic carbocycles. The van der Waals surface area contributed by atoms with E-state index in [-0.39, 0.29) is 0 Å². The zero-order chi connectivity index (χ0) is 11.4. The van der Waals surface area contributed by atoms with Crippen molar-refractivity contribution in [3.8, 4) is 0 Å². The minimum absolute atomic E-state index is 0.527. The van der Waals surface area contributed by atoms with Gasteiger partial charge in [0.05, 0.1) is 12.3 Å². The minimum atomic E-state index is -0.570. The average molecular weight is 208 g/mol. The van der Waals surface area contributed by atoms with Crippen molar-refractivity contribution >= 4 is 16.7 Å². The zero-order valence-electron chi connectivity index (χ0n) is 9.19. The molecule has 0 saturated carbocycles. The molecule has 3 N–H and O–H groups in total. The zero-order valence-corrected chi connectivity index (χ0v) is 9.19. The highest BCUT2D eigenvalue weighted by atomic mass is 16.5. The first-order valence-electron chi connectivity index (χ1n) is 5.00. The minimum Gasteiger partial charge on any atom is -0.398 e. The van der Waals surface area contributed by atoms with Gasteiger partial charge in [-0.1, -0.05) is 19.0 Å². The lowest BCUT2D eigenvalue weighted by atomic mass is 10.1. The van der Waals surface area contributed by atoms with Gasteiger partial charge in [0.2, 0.25) is 0 Å². The number of fused-ring (bicyclic) bond motifs is 1. The van der Waals surface area contributed by atoms with Crippen LogP contribution >= 0.6 is 0 Å². The SMILES string of the molecule is CC.CC(O)c1cc2cnoc2cc1N. The maximum atomic E-state index is 9.37. The van der Waals surface area contributed by atoms with Crippen molar-refractivity contribution in [3.05, 3.63) is 23.9 Å². The molecule has 15 heavy (non-hydrogen) atoms. The summed E-state index contributed by atoms with van der Waals surface area (Å²) in [6.45, 7) is 5.67.